The third kappa shape index (κ3) is 7.96. The Bertz CT molecular complexity index is 1230. The second-order valence-electron chi connectivity index (χ2n) is 6.67. The molecule has 0 saturated heterocycles. The molecule has 9 nitrogen and oxygen atoms in total. The fourth-order valence-corrected chi connectivity index (χ4v) is 5.05. The molecule has 0 aliphatic heterocycles. The molecule has 2 aromatic carbocycles. The van der Waals surface area contributed by atoms with Crippen molar-refractivity contribution in [2.45, 2.75) is 17.7 Å². The van der Waals surface area contributed by atoms with E-state index in [2.05, 4.69) is 57.4 Å². The molecular formula is C20H19Br2N5O4S2. The van der Waals surface area contributed by atoms with E-state index in [0.717, 1.165) is 8.95 Å². The topological polar surface area (TPSA) is 130 Å². The number of aromatic nitrogens is 2. The molecule has 33 heavy (non-hydrogen) atoms. The lowest BCUT2D eigenvalue weighted by atomic mass is 10.2. The smallest absolute Gasteiger partial charge is 0.251 e. The second kappa shape index (κ2) is 11.8. The summed E-state index contributed by atoms with van der Waals surface area (Å²) in [5.74, 6) is -0.584. The second-order valence-corrected chi connectivity index (χ2v) is 11.3. The first-order valence-electron chi connectivity index (χ1n) is 9.64. The van der Waals surface area contributed by atoms with Crippen LogP contribution in [-0.2, 0) is 21.2 Å². The number of carbonyl (C=O) groups is 2. The van der Waals surface area contributed by atoms with Crippen molar-refractivity contribution < 1.29 is 18.0 Å². The maximum Gasteiger partial charge on any atom is 0.251 e. The third-order valence-electron chi connectivity index (χ3n) is 4.19. The number of carbonyl (C=O) groups excluding carboxylic acids is 2. The molecule has 0 radical (unpaired) electrons. The molecule has 1 aromatic heterocycles. The molecule has 2 amide bonds. The Kier molecular flexibility index (Phi) is 9.09. The lowest BCUT2D eigenvalue weighted by Crippen LogP contribution is -2.27. The van der Waals surface area contributed by atoms with E-state index in [0.29, 0.717) is 28.7 Å². The third-order valence-corrected chi connectivity index (χ3v) is 7.59. The molecule has 0 spiro atoms. The van der Waals surface area contributed by atoms with Gasteiger partial charge < -0.3 is 10.6 Å². The van der Waals surface area contributed by atoms with Gasteiger partial charge in [-0.05, 0) is 42.5 Å². The first kappa shape index (κ1) is 25.4. The lowest BCUT2D eigenvalue weighted by Gasteiger charge is -2.06. The van der Waals surface area contributed by atoms with Gasteiger partial charge in [-0.25, -0.2) is 13.1 Å². The summed E-state index contributed by atoms with van der Waals surface area (Å²) in [5, 5.41) is 14.3. The number of nitrogens with zero attached hydrogens (tertiary/aromatic N) is 2. The van der Waals surface area contributed by atoms with E-state index in [-0.39, 0.29) is 29.7 Å². The van der Waals surface area contributed by atoms with Gasteiger partial charge in [0.05, 0.1) is 4.90 Å². The van der Waals surface area contributed by atoms with E-state index < -0.39 is 10.0 Å². The predicted molar refractivity (Wildman–Crippen MR) is 133 cm³/mol. The first-order valence-corrected chi connectivity index (χ1v) is 13.5. The van der Waals surface area contributed by atoms with E-state index in [1.54, 1.807) is 30.3 Å². The molecule has 1 heterocycles. The maximum absolute atomic E-state index is 12.2. The number of halogens is 2. The summed E-state index contributed by atoms with van der Waals surface area (Å²) in [6.45, 7) is 0.309. The molecule has 3 N–H and O–H groups in total. The number of nitrogens with one attached hydrogen (secondary N) is 3. The van der Waals surface area contributed by atoms with Gasteiger partial charge in [0, 0.05) is 40.4 Å². The average Bonchev–Trinajstić information content (AvgIpc) is 3.20. The zero-order chi connectivity index (χ0) is 23.8. The summed E-state index contributed by atoms with van der Waals surface area (Å²) in [6, 6.07) is 13.3. The highest BCUT2D eigenvalue weighted by Crippen LogP contribution is 2.17. The normalized spacial score (nSPS) is 11.2. The predicted octanol–water partition coefficient (Wildman–Crippen LogP) is 3.34. The Balaban J connectivity index is 1.40. The van der Waals surface area contributed by atoms with E-state index >= 15 is 0 Å². The highest BCUT2D eigenvalue weighted by molar-refractivity contribution is 9.10. The molecule has 3 aromatic rings. The van der Waals surface area contributed by atoms with Crippen LogP contribution in [0.25, 0.3) is 0 Å². The average molecular weight is 617 g/mol. The van der Waals surface area contributed by atoms with Crippen LogP contribution in [0.1, 0.15) is 21.8 Å². The van der Waals surface area contributed by atoms with Crippen LogP contribution in [-0.4, -0.2) is 43.5 Å². The summed E-state index contributed by atoms with van der Waals surface area (Å²) in [4.78, 5) is 24.4. The summed E-state index contributed by atoms with van der Waals surface area (Å²) < 4.78 is 28.4. The molecule has 3 rings (SSSR count). The highest BCUT2D eigenvalue weighted by Gasteiger charge is 2.15. The van der Waals surface area contributed by atoms with Gasteiger partial charge in [-0.1, -0.05) is 49.3 Å². The standard InChI is InChI=1S/C20H19Br2N5O4S2/c21-14-4-6-16(7-5-14)33(30,31)24-11-8-17(28)25-20-27-26-18(32-20)9-10-23-19(29)13-2-1-3-15(22)12-13/h1-7,12,24H,8-11H2,(H,23,29)(H,25,27,28). The van der Waals surface area contributed by atoms with Gasteiger partial charge >= 0.3 is 0 Å². The summed E-state index contributed by atoms with van der Waals surface area (Å²) in [5.41, 5.74) is 0.547. The minimum Gasteiger partial charge on any atom is -0.352 e. The lowest BCUT2D eigenvalue weighted by molar-refractivity contribution is -0.116. The van der Waals surface area contributed by atoms with Gasteiger partial charge in [0.15, 0.2) is 0 Å². The maximum atomic E-state index is 12.2. The van der Waals surface area contributed by atoms with E-state index in [1.807, 2.05) is 6.07 Å². The molecule has 0 bridgehead atoms. The number of anilines is 1. The number of rotatable bonds is 10. The Labute approximate surface area is 211 Å². The van der Waals surface area contributed by atoms with Crippen LogP contribution in [0.15, 0.2) is 62.4 Å². The summed E-state index contributed by atoms with van der Waals surface area (Å²) in [6.07, 6.45) is 0.396. The van der Waals surface area contributed by atoms with Gasteiger partial charge in [0.1, 0.15) is 5.01 Å². The summed E-state index contributed by atoms with van der Waals surface area (Å²) >= 11 is 7.77. The van der Waals surface area contributed by atoms with Gasteiger partial charge in [-0.3, -0.25) is 9.59 Å². The van der Waals surface area contributed by atoms with Crippen molar-refractivity contribution >= 4 is 70.2 Å². The number of amides is 2. The Morgan fingerprint density at radius 2 is 1.73 bits per heavy atom. The molecule has 0 unspecified atom stereocenters. The molecule has 0 aliphatic carbocycles. The van der Waals surface area contributed by atoms with E-state index in [1.165, 1.54) is 23.5 Å². The highest BCUT2D eigenvalue weighted by atomic mass is 79.9. The Hall–Kier alpha value is -2.19. The number of hydrogen-bond acceptors (Lipinski definition) is 7. The Morgan fingerprint density at radius 3 is 2.45 bits per heavy atom. The van der Waals surface area contributed by atoms with Crippen LogP contribution in [0.3, 0.4) is 0 Å². The van der Waals surface area contributed by atoms with Crippen LogP contribution in [0.2, 0.25) is 0 Å². The van der Waals surface area contributed by atoms with E-state index in [9.17, 15) is 18.0 Å². The van der Waals surface area contributed by atoms with Crippen molar-refractivity contribution in [2.24, 2.45) is 0 Å². The molecule has 0 aliphatic rings. The number of benzene rings is 2. The minimum absolute atomic E-state index is 0.0580. The monoisotopic (exact) mass is 615 g/mol. The summed E-state index contributed by atoms with van der Waals surface area (Å²) in [7, 11) is -3.69. The van der Waals surface area contributed by atoms with Crippen LogP contribution in [0.4, 0.5) is 5.13 Å². The van der Waals surface area contributed by atoms with Crippen LogP contribution in [0.5, 0.6) is 0 Å². The fraction of sp³-hybridized carbons (Fsp3) is 0.200. The molecule has 13 heteroatoms. The van der Waals surface area contributed by atoms with Crippen molar-refractivity contribution in [2.75, 3.05) is 18.4 Å². The van der Waals surface area contributed by atoms with Gasteiger partial charge in [-0.2, -0.15) is 0 Å². The quantitative estimate of drug-likeness (QED) is 0.320. The Morgan fingerprint density at radius 1 is 0.970 bits per heavy atom. The number of hydrogen-bond donors (Lipinski definition) is 3. The zero-order valence-electron chi connectivity index (χ0n) is 17.0. The largest absolute Gasteiger partial charge is 0.352 e. The molecule has 174 valence electrons. The fourth-order valence-electron chi connectivity index (χ4n) is 2.60. The molecule has 0 fully saturated rings. The van der Waals surface area contributed by atoms with Gasteiger partial charge in [0.2, 0.25) is 21.1 Å². The number of sulfonamides is 1. The SMILES string of the molecule is O=C(CCNS(=O)(=O)c1ccc(Br)cc1)Nc1nnc(CCNC(=O)c2cccc(Br)c2)s1. The molecule has 0 atom stereocenters. The van der Waals surface area contributed by atoms with Crippen LogP contribution < -0.4 is 15.4 Å². The minimum atomic E-state index is -3.69. The van der Waals surface area contributed by atoms with Gasteiger partial charge in [-0.15, -0.1) is 10.2 Å². The molecule has 0 saturated carbocycles. The molecular weight excluding hydrogens is 598 g/mol. The first-order chi connectivity index (χ1) is 15.7. The van der Waals surface area contributed by atoms with Crippen LogP contribution >= 0.6 is 43.2 Å². The van der Waals surface area contributed by atoms with Crippen molar-refractivity contribution in [3.05, 3.63) is 68.0 Å². The zero-order valence-corrected chi connectivity index (χ0v) is 21.9. The van der Waals surface area contributed by atoms with Crippen molar-refractivity contribution in [1.82, 2.24) is 20.2 Å². The van der Waals surface area contributed by atoms with Crippen molar-refractivity contribution in [3.63, 3.8) is 0 Å². The van der Waals surface area contributed by atoms with Crippen LogP contribution in [0, 0.1) is 0 Å². The van der Waals surface area contributed by atoms with Crippen molar-refractivity contribution in [3.8, 4) is 0 Å². The van der Waals surface area contributed by atoms with E-state index in [4.69, 9.17) is 0 Å². The van der Waals surface area contributed by atoms with Gasteiger partial charge in [0.25, 0.3) is 5.91 Å². The van der Waals surface area contributed by atoms with Crippen molar-refractivity contribution in [1.29, 1.82) is 0 Å².